The van der Waals surface area contributed by atoms with Gasteiger partial charge in [-0.05, 0) is 49.9 Å². The first-order valence-corrected chi connectivity index (χ1v) is 11.5. The molecule has 0 aromatic heterocycles. The van der Waals surface area contributed by atoms with Gasteiger partial charge in [0.05, 0.1) is 5.69 Å². The summed E-state index contributed by atoms with van der Waals surface area (Å²) in [5.41, 5.74) is 10.9. The molecule has 2 heteroatoms. The van der Waals surface area contributed by atoms with Crippen LogP contribution < -0.4 is 11.3 Å². The van der Waals surface area contributed by atoms with Crippen molar-refractivity contribution in [3.8, 4) is 33.4 Å². The van der Waals surface area contributed by atoms with Crippen molar-refractivity contribution in [3.05, 3.63) is 127 Å². The minimum absolute atomic E-state index is 0.902. The molecule has 6 aromatic carbocycles. The summed E-state index contributed by atoms with van der Waals surface area (Å²) in [5.74, 6) is 6.13. The minimum Gasteiger partial charge on any atom is -0.323 e. The third kappa shape index (κ3) is 3.33. The van der Waals surface area contributed by atoms with Crippen molar-refractivity contribution in [2.24, 2.45) is 5.84 Å². The molecule has 3 N–H and O–H groups in total. The second kappa shape index (κ2) is 8.51. The van der Waals surface area contributed by atoms with E-state index in [-0.39, 0.29) is 0 Å². The number of rotatable bonds is 4. The third-order valence-electron chi connectivity index (χ3n) is 6.56. The number of nitrogens with one attached hydrogen (secondary N) is 1. The molecule has 0 aliphatic heterocycles. The lowest BCUT2D eigenvalue weighted by Gasteiger charge is -2.22. The smallest absolute Gasteiger partial charge is 0.0570 e. The third-order valence-corrected chi connectivity index (χ3v) is 6.56. The first-order chi connectivity index (χ1) is 16.8. The maximum Gasteiger partial charge on any atom is 0.0570 e. The van der Waals surface area contributed by atoms with Gasteiger partial charge in [0.15, 0.2) is 0 Å². The van der Waals surface area contributed by atoms with Crippen LogP contribution in [0.1, 0.15) is 0 Å². The summed E-state index contributed by atoms with van der Waals surface area (Å²) in [6.07, 6.45) is 0. The van der Waals surface area contributed by atoms with E-state index in [1.54, 1.807) is 0 Å². The zero-order valence-corrected chi connectivity index (χ0v) is 18.7. The number of hydrogen-bond acceptors (Lipinski definition) is 2. The fourth-order valence-corrected chi connectivity index (χ4v) is 5.03. The SMILES string of the molecule is NNc1ccc(-c2ccccc2)c(-c2cccc3ccccc23)c1-c1cccc2ccccc12. The molecule has 6 aromatic rings. The normalized spacial score (nSPS) is 11.1. The Kier molecular flexibility index (Phi) is 5.06. The molecule has 0 heterocycles. The Morgan fingerprint density at radius 3 is 1.56 bits per heavy atom. The highest BCUT2D eigenvalue weighted by Gasteiger charge is 2.20. The van der Waals surface area contributed by atoms with Crippen LogP contribution in [0.15, 0.2) is 127 Å². The van der Waals surface area contributed by atoms with Crippen LogP contribution in [0, 0.1) is 0 Å². The number of fused-ring (bicyclic) bond motifs is 2. The quantitative estimate of drug-likeness (QED) is 0.215. The topological polar surface area (TPSA) is 38.0 Å². The molecule has 162 valence electrons. The van der Waals surface area contributed by atoms with E-state index in [9.17, 15) is 0 Å². The second-order valence-corrected chi connectivity index (χ2v) is 8.47. The molecule has 6 rings (SSSR count). The van der Waals surface area contributed by atoms with Gasteiger partial charge in [0, 0.05) is 11.1 Å². The van der Waals surface area contributed by atoms with Gasteiger partial charge < -0.3 is 5.43 Å². The summed E-state index contributed by atoms with van der Waals surface area (Å²) < 4.78 is 0. The second-order valence-electron chi connectivity index (χ2n) is 8.47. The monoisotopic (exact) mass is 436 g/mol. The zero-order chi connectivity index (χ0) is 22.9. The van der Waals surface area contributed by atoms with Gasteiger partial charge in [-0.3, -0.25) is 5.84 Å². The summed E-state index contributed by atoms with van der Waals surface area (Å²) in [6, 6.07) is 45.0. The van der Waals surface area contributed by atoms with Crippen LogP contribution in [0.5, 0.6) is 0 Å². The van der Waals surface area contributed by atoms with Crippen LogP contribution in [-0.2, 0) is 0 Å². The van der Waals surface area contributed by atoms with Crippen LogP contribution >= 0.6 is 0 Å². The zero-order valence-electron chi connectivity index (χ0n) is 18.7. The van der Waals surface area contributed by atoms with Crippen LogP contribution in [-0.4, -0.2) is 0 Å². The molecule has 0 radical (unpaired) electrons. The van der Waals surface area contributed by atoms with Gasteiger partial charge in [0.25, 0.3) is 0 Å². The molecule has 0 fully saturated rings. The number of hydrazine groups is 1. The van der Waals surface area contributed by atoms with Crippen molar-refractivity contribution < 1.29 is 0 Å². The van der Waals surface area contributed by atoms with Crippen LogP contribution in [0.4, 0.5) is 5.69 Å². The molecule has 0 spiro atoms. The van der Waals surface area contributed by atoms with Gasteiger partial charge in [-0.25, -0.2) is 0 Å². The van der Waals surface area contributed by atoms with E-state index in [0.717, 1.165) is 16.8 Å². The Labute approximate surface area is 199 Å². The van der Waals surface area contributed by atoms with E-state index in [0.29, 0.717) is 0 Å². The lowest BCUT2D eigenvalue weighted by atomic mass is 9.83. The van der Waals surface area contributed by atoms with E-state index < -0.39 is 0 Å². The molecular formula is C32H24N2. The van der Waals surface area contributed by atoms with Crippen molar-refractivity contribution in [2.45, 2.75) is 0 Å². The average molecular weight is 437 g/mol. The van der Waals surface area contributed by atoms with Crippen molar-refractivity contribution in [3.63, 3.8) is 0 Å². The average Bonchev–Trinajstić information content (AvgIpc) is 2.92. The largest absolute Gasteiger partial charge is 0.323 e. The van der Waals surface area contributed by atoms with Crippen molar-refractivity contribution in [1.29, 1.82) is 0 Å². The van der Waals surface area contributed by atoms with Gasteiger partial charge in [0.2, 0.25) is 0 Å². The fraction of sp³-hybridized carbons (Fsp3) is 0. The molecule has 0 aliphatic carbocycles. The summed E-state index contributed by atoms with van der Waals surface area (Å²) in [6.45, 7) is 0. The van der Waals surface area contributed by atoms with E-state index in [1.807, 2.05) is 0 Å². The number of nitrogen functional groups attached to an aromatic ring is 1. The Morgan fingerprint density at radius 2 is 0.941 bits per heavy atom. The van der Waals surface area contributed by atoms with E-state index in [1.165, 1.54) is 43.8 Å². The molecule has 0 aliphatic rings. The molecule has 0 saturated heterocycles. The van der Waals surface area contributed by atoms with Crippen LogP contribution in [0.25, 0.3) is 54.9 Å². The van der Waals surface area contributed by atoms with Crippen LogP contribution in [0.2, 0.25) is 0 Å². The van der Waals surface area contributed by atoms with E-state index >= 15 is 0 Å². The van der Waals surface area contributed by atoms with Gasteiger partial charge >= 0.3 is 0 Å². The van der Waals surface area contributed by atoms with Gasteiger partial charge in [0.1, 0.15) is 0 Å². The molecule has 2 nitrogen and oxygen atoms in total. The molecule has 0 unspecified atom stereocenters. The number of anilines is 1. The lowest BCUT2D eigenvalue weighted by molar-refractivity contribution is 1.35. The first kappa shape index (κ1) is 20.2. The van der Waals surface area contributed by atoms with Crippen molar-refractivity contribution >= 4 is 27.2 Å². The highest BCUT2D eigenvalue weighted by molar-refractivity contribution is 6.11. The maximum atomic E-state index is 6.13. The van der Waals surface area contributed by atoms with E-state index in [4.69, 9.17) is 5.84 Å². The van der Waals surface area contributed by atoms with Gasteiger partial charge in [-0.1, -0.05) is 121 Å². The Bertz CT molecular complexity index is 1620. The summed E-state index contributed by atoms with van der Waals surface area (Å²) in [7, 11) is 0. The molecule has 34 heavy (non-hydrogen) atoms. The first-order valence-electron chi connectivity index (χ1n) is 11.5. The molecule has 0 atom stereocenters. The van der Waals surface area contributed by atoms with Gasteiger partial charge in [-0.2, -0.15) is 0 Å². The summed E-state index contributed by atoms with van der Waals surface area (Å²) in [4.78, 5) is 0. The molecule has 0 amide bonds. The molecule has 0 bridgehead atoms. The number of hydrogen-bond donors (Lipinski definition) is 2. The number of nitrogens with two attached hydrogens (primary N) is 1. The summed E-state index contributed by atoms with van der Waals surface area (Å²) >= 11 is 0. The Hall–Kier alpha value is -4.40. The fourth-order valence-electron chi connectivity index (χ4n) is 5.03. The maximum absolute atomic E-state index is 6.13. The predicted molar refractivity (Wildman–Crippen MR) is 146 cm³/mol. The van der Waals surface area contributed by atoms with Gasteiger partial charge in [-0.15, -0.1) is 0 Å². The summed E-state index contributed by atoms with van der Waals surface area (Å²) in [5, 5.41) is 4.84. The highest BCUT2D eigenvalue weighted by atomic mass is 15.2. The highest BCUT2D eigenvalue weighted by Crippen LogP contribution is 2.47. The predicted octanol–water partition coefficient (Wildman–Crippen LogP) is 8.28. The van der Waals surface area contributed by atoms with Crippen molar-refractivity contribution in [2.75, 3.05) is 5.43 Å². The molecule has 0 saturated carbocycles. The standard InChI is InChI=1S/C32H24N2/c33-34-30-21-20-27(24-10-2-1-3-11-24)31(28-18-8-14-22-12-4-6-16-25(22)28)32(30)29-19-9-15-23-13-5-7-17-26(23)29/h1-21,34H,33H2. The Morgan fingerprint density at radius 1 is 0.412 bits per heavy atom. The van der Waals surface area contributed by atoms with E-state index in [2.05, 4.69) is 133 Å². The number of benzene rings is 6. The minimum atomic E-state index is 0.902. The Balaban J connectivity index is 1.81. The van der Waals surface area contributed by atoms with Crippen LogP contribution in [0.3, 0.4) is 0 Å². The van der Waals surface area contributed by atoms with Crippen molar-refractivity contribution in [1.82, 2.24) is 0 Å². The molecular weight excluding hydrogens is 412 g/mol. The lowest BCUT2D eigenvalue weighted by Crippen LogP contribution is -2.09.